The van der Waals surface area contributed by atoms with E-state index in [0.29, 0.717) is 59.5 Å². The van der Waals surface area contributed by atoms with Crippen molar-refractivity contribution in [3.63, 3.8) is 0 Å². The summed E-state index contributed by atoms with van der Waals surface area (Å²) in [6.07, 6.45) is 1.87. The molecule has 2 aliphatic heterocycles. The monoisotopic (exact) mass is 512 g/mol. The van der Waals surface area contributed by atoms with E-state index >= 15 is 0 Å². The summed E-state index contributed by atoms with van der Waals surface area (Å²) in [7, 11) is 3.28. The van der Waals surface area contributed by atoms with Gasteiger partial charge in [-0.1, -0.05) is 0 Å². The maximum absolute atomic E-state index is 14.7. The molecule has 0 radical (unpaired) electrons. The van der Waals surface area contributed by atoms with Crippen LogP contribution in [0, 0.1) is 11.7 Å². The average Bonchev–Trinajstić information content (AvgIpc) is 3.29. The van der Waals surface area contributed by atoms with Crippen molar-refractivity contribution in [3.05, 3.63) is 47.5 Å². The molecule has 0 saturated carbocycles. The van der Waals surface area contributed by atoms with Crippen LogP contribution >= 0.6 is 11.8 Å². The molecule has 1 saturated heterocycles. The van der Waals surface area contributed by atoms with Crippen LogP contribution in [0.4, 0.5) is 10.2 Å². The number of pyridine rings is 3. The van der Waals surface area contributed by atoms with Crippen molar-refractivity contribution >= 4 is 34.5 Å². The SMILES string of the molecule is COc1ccc2ncc(F)c(CCN3CC(CNCc4ccc5c(n4)NC(=O)CS5)[C@H](OC)C3)c2n1. The van der Waals surface area contributed by atoms with Crippen LogP contribution in [0.25, 0.3) is 11.0 Å². The molecular weight excluding hydrogens is 483 g/mol. The maximum Gasteiger partial charge on any atom is 0.235 e. The number of carbonyl (C=O) groups is 1. The van der Waals surface area contributed by atoms with Crippen molar-refractivity contribution in [2.45, 2.75) is 24.0 Å². The molecule has 2 aliphatic rings. The van der Waals surface area contributed by atoms with Gasteiger partial charge in [0.05, 0.1) is 46.8 Å². The van der Waals surface area contributed by atoms with Crippen LogP contribution < -0.4 is 15.4 Å². The number of halogens is 1. The molecule has 2 atom stereocenters. The molecule has 11 heteroatoms. The Morgan fingerprint density at radius 1 is 1.22 bits per heavy atom. The van der Waals surface area contributed by atoms with E-state index in [1.165, 1.54) is 18.0 Å². The van der Waals surface area contributed by atoms with Gasteiger partial charge in [-0.25, -0.2) is 14.4 Å². The number of methoxy groups -OCH3 is 2. The predicted octanol–water partition coefficient (Wildman–Crippen LogP) is 2.50. The number of thioether (sulfide) groups is 1. The van der Waals surface area contributed by atoms with Gasteiger partial charge in [0.25, 0.3) is 0 Å². The summed E-state index contributed by atoms with van der Waals surface area (Å²) in [6, 6.07) is 7.52. The number of anilines is 1. The first-order chi connectivity index (χ1) is 17.5. The van der Waals surface area contributed by atoms with Crippen molar-refractivity contribution in [1.29, 1.82) is 0 Å². The molecule has 0 aromatic carbocycles. The number of rotatable bonds is 9. The van der Waals surface area contributed by atoms with E-state index in [-0.39, 0.29) is 17.8 Å². The van der Waals surface area contributed by atoms with Crippen LogP contribution in [-0.4, -0.2) is 78.0 Å². The highest BCUT2D eigenvalue weighted by atomic mass is 32.2. The normalized spacial score (nSPS) is 19.9. The first kappa shape index (κ1) is 24.8. The standard InChI is InChI=1S/C25H29FN6O3S/c1-34-20-13-32(8-7-17-18(26)11-28-19-4-6-23(35-2)31-24(17)19)12-15(20)9-27-10-16-3-5-21-25(29-16)30-22(33)14-36-21/h3-6,11,15,20,27H,7-10,12-14H2,1-2H3,(H,29,30,33)/t15?,20-/m1/s1. The molecule has 0 spiro atoms. The molecule has 0 bridgehead atoms. The van der Waals surface area contributed by atoms with Gasteiger partial charge in [-0.15, -0.1) is 11.8 Å². The van der Waals surface area contributed by atoms with Crippen molar-refractivity contribution in [3.8, 4) is 5.88 Å². The summed E-state index contributed by atoms with van der Waals surface area (Å²) in [6.45, 7) is 3.68. The van der Waals surface area contributed by atoms with E-state index in [4.69, 9.17) is 9.47 Å². The Bertz CT molecular complexity index is 1260. The third-order valence-corrected chi connectivity index (χ3v) is 7.68. The van der Waals surface area contributed by atoms with Crippen LogP contribution in [0.5, 0.6) is 5.88 Å². The molecule has 2 N–H and O–H groups in total. The Kier molecular flexibility index (Phi) is 7.61. The lowest BCUT2D eigenvalue weighted by atomic mass is 10.1. The minimum atomic E-state index is -0.351. The van der Waals surface area contributed by atoms with E-state index in [0.717, 1.165) is 30.2 Å². The van der Waals surface area contributed by atoms with Gasteiger partial charge < -0.3 is 20.1 Å². The smallest absolute Gasteiger partial charge is 0.235 e. The summed E-state index contributed by atoms with van der Waals surface area (Å²) in [5, 5.41) is 6.32. The zero-order valence-electron chi connectivity index (χ0n) is 20.3. The van der Waals surface area contributed by atoms with Crippen molar-refractivity contribution in [1.82, 2.24) is 25.2 Å². The first-order valence-electron chi connectivity index (χ1n) is 11.9. The molecule has 1 unspecified atom stereocenters. The van der Waals surface area contributed by atoms with Gasteiger partial charge in [0.1, 0.15) is 11.6 Å². The zero-order valence-corrected chi connectivity index (χ0v) is 21.1. The number of nitrogens with one attached hydrogen (secondary N) is 2. The molecule has 1 fully saturated rings. The van der Waals surface area contributed by atoms with E-state index in [2.05, 4.69) is 30.5 Å². The van der Waals surface area contributed by atoms with Gasteiger partial charge in [0.2, 0.25) is 11.8 Å². The van der Waals surface area contributed by atoms with Gasteiger partial charge in [0.15, 0.2) is 0 Å². The van der Waals surface area contributed by atoms with Gasteiger partial charge in [-0.2, -0.15) is 0 Å². The lowest BCUT2D eigenvalue weighted by Crippen LogP contribution is -2.31. The van der Waals surface area contributed by atoms with Gasteiger partial charge in [-0.3, -0.25) is 14.7 Å². The molecule has 9 nitrogen and oxygen atoms in total. The lowest BCUT2D eigenvalue weighted by Gasteiger charge is -2.18. The Hall–Kier alpha value is -2.86. The highest BCUT2D eigenvalue weighted by molar-refractivity contribution is 8.00. The Labute approximate surface area is 213 Å². The number of likely N-dealkylation sites (tertiary alicyclic amines) is 1. The molecule has 3 aromatic rings. The second-order valence-electron chi connectivity index (χ2n) is 8.97. The van der Waals surface area contributed by atoms with E-state index in [9.17, 15) is 9.18 Å². The molecule has 0 aliphatic carbocycles. The van der Waals surface area contributed by atoms with Gasteiger partial charge in [0, 0.05) is 57.4 Å². The Morgan fingerprint density at radius 3 is 2.94 bits per heavy atom. The van der Waals surface area contributed by atoms with Crippen molar-refractivity contribution in [2.75, 3.05) is 51.5 Å². The van der Waals surface area contributed by atoms with Crippen LogP contribution in [0.15, 0.2) is 35.4 Å². The minimum Gasteiger partial charge on any atom is -0.481 e. The second kappa shape index (κ2) is 11.0. The van der Waals surface area contributed by atoms with Crippen LogP contribution in [0.3, 0.4) is 0 Å². The average molecular weight is 513 g/mol. The van der Waals surface area contributed by atoms with Gasteiger partial charge in [-0.05, 0) is 24.6 Å². The number of carbonyl (C=O) groups excluding carboxylic acids is 1. The number of nitrogens with zero attached hydrogens (tertiary/aromatic N) is 4. The number of ether oxygens (including phenoxy) is 2. The molecule has 1 amide bonds. The largest absolute Gasteiger partial charge is 0.481 e. The third kappa shape index (κ3) is 5.44. The maximum atomic E-state index is 14.7. The molecular formula is C25H29FN6O3S. The van der Waals surface area contributed by atoms with Gasteiger partial charge >= 0.3 is 0 Å². The molecule has 5 heterocycles. The highest BCUT2D eigenvalue weighted by Crippen LogP contribution is 2.30. The fourth-order valence-corrected chi connectivity index (χ4v) is 5.52. The molecule has 3 aromatic heterocycles. The molecule has 36 heavy (non-hydrogen) atoms. The number of hydrogen-bond donors (Lipinski definition) is 2. The van der Waals surface area contributed by atoms with Crippen molar-refractivity contribution < 1.29 is 18.7 Å². The molecule has 5 rings (SSSR count). The Morgan fingerprint density at radius 2 is 2.11 bits per heavy atom. The summed E-state index contributed by atoms with van der Waals surface area (Å²) in [5.74, 6) is 1.43. The summed E-state index contributed by atoms with van der Waals surface area (Å²) >= 11 is 1.51. The minimum absolute atomic E-state index is 0.0198. The van der Waals surface area contributed by atoms with E-state index in [1.54, 1.807) is 26.4 Å². The first-order valence-corrected chi connectivity index (χ1v) is 12.9. The van der Waals surface area contributed by atoms with E-state index < -0.39 is 0 Å². The fraction of sp³-hybridized carbons (Fsp3) is 0.440. The number of aromatic nitrogens is 3. The lowest BCUT2D eigenvalue weighted by molar-refractivity contribution is -0.113. The van der Waals surface area contributed by atoms with Crippen LogP contribution in [0.2, 0.25) is 0 Å². The molecule has 190 valence electrons. The fourth-order valence-electron chi connectivity index (χ4n) is 4.76. The Balaban J connectivity index is 1.17. The number of fused-ring (bicyclic) bond motifs is 2. The third-order valence-electron chi connectivity index (χ3n) is 6.63. The summed E-state index contributed by atoms with van der Waals surface area (Å²) in [5.41, 5.74) is 2.63. The summed E-state index contributed by atoms with van der Waals surface area (Å²) < 4.78 is 25.7. The van der Waals surface area contributed by atoms with Crippen molar-refractivity contribution in [2.24, 2.45) is 5.92 Å². The van der Waals surface area contributed by atoms with Crippen LogP contribution in [0.1, 0.15) is 11.3 Å². The second-order valence-corrected chi connectivity index (χ2v) is 9.98. The topological polar surface area (TPSA) is 102 Å². The summed E-state index contributed by atoms with van der Waals surface area (Å²) in [4.78, 5) is 28.1. The zero-order chi connectivity index (χ0) is 25.1. The van der Waals surface area contributed by atoms with E-state index in [1.807, 2.05) is 12.1 Å². The number of hydrogen-bond acceptors (Lipinski definition) is 9. The number of amides is 1. The quantitative estimate of drug-likeness (QED) is 0.448. The predicted molar refractivity (Wildman–Crippen MR) is 136 cm³/mol. The van der Waals surface area contributed by atoms with Crippen LogP contribution in [-0.2, 0) is 22.5 Å². The highest BCUT2D eigenvalue weighted by Gasteiger charge is 2.32.